The molecule has 0 radical (unpaired) electrons. The second kappa shape index (κ2) is 12.7. The minimum absolute atomic E-state index is 0.495. The van der Waals surface area contributed by atoms with Gasteiger partial charge in [-0.2, -0.15) is 0 Å². The Morgan fingerprint density at radius 3 is 2.29 bits per heavy atom. The quantitative estimate of drug-likeness (QED) is 0.206. The molecule has 4 rings (SSSR count). The van der Waals surface area contributed by atoms with Gasteiger partial charge in [-0.25, -0.2) is 9.97 Å². The highest BCUT2D eigenvalue weighted by Gasteiger charge is 2.05. The van der Waals surface area contributed by atoms with Crippen molar-refractivity contribution in [1.29, 1.82) is 0 Å². The van der Waals surface area contributed by atoms with Crippen LogP contribution >= 0.6 is 0 Å². The first kappa shape index (κ1) is 23.7. The number of hydrogen-bond donors (Lipinski definition) is 0. The van der Waals surface area contributed by atoms with Crippen LogP contribution in [0.3, 0.4) is 0 Å². The van der Waals surface area contributed by atoms with E-state index in [0.717, 1.165) is 40.7 Å². The Morgan fingerprint density at radius 1 is 0.676 bits per heavy atom. The number of ether oxygens (including phenoxy) is 3. The fraction of sp³-hybridized carbons (Fsp3) is 0.310. The van der Waals surface area contributed by atoms with Crippen LogP contribution in [0.15, 0.2) is 79.1 Å². The third-order valence-electron chi connectivity index (χ3n) is 5.59. The largest absolute Gasteiger partial charge is 0.491 e. The summed E-state index contributed by atoms with van der Waals surface area (Å²) in [5.74, 6) is 2.18. The molecule has 5 nitrogen and oxygen atoms in total. The monoisotopic (exact) mass is 456 g/mol. The molecule has 176 valence electrons. The zero-order valence-corrected chi connectivity index (χ0v) is 19.8. The van der Waals surface area contributed by atoms with E-state index in [1.54, 1.807) is 12.4 Å². The van der Waals surface area contributed by atoms with E-state index in [2.05, 4.69) is 41.2 Å². The van der Waals surface area contributed by atoms with Gasteiger partial charge in [0.25, 0.3) is 0 Å². The molecular weight excluding hydrogens is 424 g/mol. The summed E-state index contributed by atoms with van der Waals surface area (Å²) >= 11 is 0. The summed E-state index contributed by atoms with van der Waals surface area (Å²) in [6.45, 7) is 4.70. The number of hydrogen-bond acceptors (Lipinski definition) is 5. The van der Waals surface area contributed by atoms with Crippen molar-refractivity contribution in [1.82, 2.24) is 9.97 Å². The minimum atomic E-state index is 0.495. The predicted molar refractivity (Wildman–Crippen MR) is 136 cm³/mol. The van der Waals surface area contributed by atoms with E-state index in [9.17, 15) is 0 Å². The van der Waals surface area contributed by atoms with Crippen molar-refractivity contribution in [2.24, 2.45) is 0 Å². The first-order valence-corrected chi connectivity index (χ1v) is 12.1. The molecule has 1 heterocycles. The molecule has 0 aliphatic rings. The van der Waals surface area contributed by atoms with Crippen LogP contribution in [0.5, 0.6) is 11.5 Å². The molecule has 0 aliphatic carbocycles. The summed E-state index contributed by atoms with van der Waals surface area (Å²) in [4.78, 5) is 8.98. The Morgan fingerprint density at radius 2 is 1.47 bits per heavy atom. The number of nitrogens with zero attached hydrogens (tertiary/aromatic N) is 2. The number of unbranched alkanes of at least 4 members (excludes halogenated alkanes) is 3. The summed E-state index contributed by atoms with van der Waals surface area (Å²) < 4.78 is 17.3. The normalized spacial score (nSPS) is 11.0. The summed E-state index contributed by atoms with van der Waals surface area (Å²) in [6, 6.07) is 22.4. The standard InChI is InChI=1S/C29H32N2O3/c1-2-3-4-8-15-32-16-17-33-27-14-13-24-18-26(12-11-25(24)19-27)29-30-20-28(21-31-29)34-22-23-9-6-5-7-10-23/h5-7,9-14,18-21H,2-4,8,15-17,22H2,1H3. The van der Waals surface area contributed by atoms with Gasteiger partial charge in [0.1, 0.15) is 19.0 Å². The zero-order chi connectivity index (χ0) is 23.4. The lowest BCUT2D eigenvalue weighted by atomic mass is 10.1. The van der Waals surface area contributed by atoms with Gasteiger partial charge in [-0.3, -0.25) is 0 Å². The van der Waals surface area contributed by atoms with E-state index in [1.807, 2.05) is 42.5 Å². The van der Waals surface area contributed by atoms with Gasteiger partial charge in [-0.1, -0.05) is 74.7 Å². The Hall–Kier alpha value is -3.44. The first-order valence-electron chi connectivity index (χ1n) is 12.1. The van der Waals surface area contributed by atoms with E-state index in [4.69, 9.17) is 14.2 Å². The molecule has 34 heavy (non-hydrogen) atoms. The van der Waals surface area contributed by atoms with Gasteiger partial charge < -0.3 is 14.2 Å². The Balaban J connectivity index is 1.29. The number of fused-ring (bicyclic) bond motifs is 1. The summed E-state index contributed by atoms with van der Waals surface area (Å²) in [6.07, 6.45) is 8.33. The van der Waals surface area contributed by atoms with Gasteiger partial charge in [0.05, 0.1) is 19.0 Å². The summed E-state index contributed by atoms with van der Waals surface area (Å²) in [5, 5.41) is 2.23. The molecule has 0 bridgehead atoms. The van der Waals surface area contributed by atoms with E-state index in [1.165, 1.54) is 19.3 Å². The predicted octanol–water partition coefficient (Wildman–Crippen LogP) is 6.85. The molecule has 0 aliphatic heterocycles. The zero-order valence-electron chi connectivity index (χ0n) is 19.8. The summed E-state index contributed by atoms with van der Waals surface area (Å²) in [7, 11) is 0. The highest BCUT2D eigenvalue weighted by atomic mass is 16.5. The number of rotatable bonds is 13. The molecule has 4 aromatic rings. The first-order chi connectivity index (χ1) is 16.8. The highest BCUT2D eigenvalue weighted by Crippen LogP contribution is 2.26. The minimum Gasteiger partial charge on any atom is -0.491 e. The average Bonchev–Trinajstić information content (AvgIpc) is 2.89. The fourth-order valence-electron chi connectivity index (χ4n) is 3.68. The van der Waals surface area contributed by atoms with E-state index in [0.29, 0.717) is 31.4 Å². The van der Waals surface area contributed by atoms with Crippen molar-refractivity contribution in [2.75, 3.05) is 19.8 Å². The van der Waals surface area contributed by atoms with Crippen LogP contribution in [0.1, 0.15) is 38.2 Å². The van der Waals surface area contributed by atoms with Gasteiger partial charge in [0.15, 0.2) is 11.6 Å². The van der Waals surface area contributed by atoms with Crippen LogP contribution < -0.4 is 9.47 Å². The Kier molecular flexibility index (Phi) is 8.86. The average molecular weight is 457 g/mol. The maximum absolute atomic E-state index is 5.86. The Bertz CT molecular complexity index is 1150. The molecule has 5 heteroatoms. The molecule has 0 unspecified atom stereocenters. The lowest BCUT2D eigenvalue weighted by Gasteiger charge is -2.09. The molecule has 0 spiro atoms. The molecule has 0 amide bonds. The van der Waals surface area contributed by atoms with Crippen LogP contribution in [0.25, 0.3) is 22.2 Å². The van der Waals surface area contributed by atoms with Gasteiger partial charge in [0, 0.05) is 12.2 Å². The van der Waals surface area contributed by atoms with E-state index >= 15 is 0 Å². The molecule has 0 fully saturated rings. The van der Waals surface area contributed by atoms with E-state index < -0.39 is 0 Å². The third-order valence-corrected chi connectivity index (χ3v) is 5.59. The molecule has 0 saturated carbocycles. The van der Waals surface area contributed by atoms with Gasteiger partial charge >= 0.3 is 0 Å². The number of aromatic nitrogens is 2. The van der Waals surface area contributed by atoms with Crippen LogP contribution in [0, 0.1) is 0 Å². The van der Waals surface area contributed by atoms with Crippen molar-refractivity contribution >= 4 is 10.8 Å². The second-order valence-corrected chi connectivity index (χ2v) is 8.26. The van der Waals surface area contributed by atoms with Crippen LogP contribution in [0.2, 0.25) is 0 Å². The summed E-state index contributed by atoms with van der Waals surface area (Å²) in [5.41, 5.74) is 2.08. The van der Waals surface area contributed by atoms with Crippen molar-refractivity contribution in [2.45, 2.75) is 39.2 Å². The SMILES string of the molecule is CCCCCCOCCOc1ccc2cc(-c3ncc(OCc4ccccc4)cn3)ccc2c1. The topological polar surface area (TPSA) is 53.5 Å². The highest BCUT2D eigenvalue weighted by molar-refractivity contribution is 5.87. The maximum Gasteiger partial charge on any atom is 0.159 e. The lowest BCUT2D eigenvalue weighted by molar-refractivity contribution is 0.0972. The lowest BCUT2D eigenvalue weighted by Crippen LogP contribution is -2.07. The van der Waals surface area contributed by atoms with Crippen LogP contribution in [-0.4, -0.2) is 29.8 Å². The Labute approximate surface area is 201 Å². The van der Waals surface area contributed by atoms with Crippen LogP contribution in [0.4, 0.5) is 0 Å². The van der Waals surface area contributed by atoms with Crippen molar-refractivity contribution < 1.29 is 14.2 Å². The van der Waals surface area contributed by atoms with E-state index in [-0.39, 0.29) is 0 Å². The van der Waals surface area contributed by atoms with Crippen LogP contribution in [-0.2, 0) is 11.3 Å². The van der Waals surface area contributed by atoms with Gasteiger partial charge in [0.2, 0.25) is 0 Å². The fourth-order valence-corrected chi connectivity index (χ4v) is 3.68. The van der Waals surface area contributed by atoms with Gasteiger partial charge in [-0.05, 0) is 41.0 Å². The molecule has 0 atom stereocenters. The molecular formula is C29H32N2O3. The number of benzene rings is 3. The van der Waals surface area contributed by atoms with Crippen molar-refractivity contribution in [3.63, 3.8) is 0 Å². The molecule has 3 aromatic carbocycles. The van der Waals surface area contributed by atoms with Gasteiger partial charge in [-0.15, -0.1) is 0 Å². The molecule has 1 aromatic heterocycles. The molecule has 0 saturated heterocycles. The molecule has 0 N–H and O–H groups in total. The van der Waals surface area contributed by atoms with Crippen molar-refractivity contribution in [3.8, 4) is 22.9 Å². The third kappa shape index (κ3) is 7.03. The second-order valence-electron chi connectivity index (χ2n) is 8.26. The maximum atomic E-state index is 5.86. The van der Waals surface area contributed by atoms with Crippen molar-refractivity contribution in [3.05, 3.63) is 84.7 Å². The smallest absolute Gasteiger partial charge is 0.159 e.